The quantitative estimate of drug-likeness (QED) is 0.837. The Balaban J connectivity index is 1.60. The molecule has 2 aromatic heterocycles. The first-order chi connectivity index (χ1) is 10.6. The van der Waals surface area contributed by atoms with Gasteiger partial charge in [0, 0.05) is 28.9 Å². The zero-order valence-corrected chi connectivity index (χ0v) is 13.3. The van der Waals surface area contributed by atoms with E-state index in [2.05, 4.69) is 15.0 Å². The summed E-state index contributed by atoms with van der Waals surface area (Å²) >= 11 is 3.05. The number of aromatic nitrogens is 3. The van der Waals surface area contributed by atoms with Gasteiger partial charge in [0.2, 0.25) is 5.91 Å². The van der Waals surface area contributed by atoms with Gasteiger partial charge in [-0.15, -0.1) is 23.1 Å². The van der Waals surface area contributed by atoms with Gasteiger partial charge in [-0.2, -0.15) is 0 Å². The van der Waals surface area contributed by atoms with Gasteiger partial charge in [0.05, 0.1) is 23.5 Å². The molecule has 22 heavy (non-hydrogen) atoms. The normalized spacial score (nSPS) is 13.9. The Labute approximate surface area is 133 Å². The van der Waals surface area contributed by atoms with E-state index in [1.165, 1.54) is 23.1 Å². The van der Waals surface area contributed by atoms with Gasteiger partial charge in [0.25, 0.3) is 5.56 Å². The van der Waals surface area contributed by atoms with Gasteiger partial charge in [0.1, 0.15) is 0 Å². The van der Waals surface area contributed by atoms with Crippen LogP contribution in [0.15, 0.2) is 20.5 Å². The molecule has 9 heteroatoms. The summed E-state index contributed by atoms with van der Waals surface area (Å²) in [6.07, 6.45) is 0.462. The van der Waals surface area contributed by atoms with E-state index < -0.39 is 5.69 Å². The largest absolute Gasteiger partial charge is 0.336 e. The highest BCUT2D eigenvalue weighted by molar-refractivity contribution is 7.99. The van der Waals surface area contributed by atoms with E-state index in [0.29, 0.717) is 35.7 Å². The number of carbonyl (C=O) groups is 1. The molecule has 0 aliphatic carbocycles. The summed E-state index contributed by atoms with van der Waals surface area (Å²) < 4.78 is 0. The van der Waals surface area contributed by atoms with Crippen molar-refractivity contribution >= 4 is 29.0 Å². The van der Waals surface area contributed by atoms with Crippen molar-refractivity contribution in [3.63, 3.8) is 0 Å². The summed E-state index contributed by atoms with van der Waals surface area (Å²) in [6.45, 7) is 0.781. The molecule has 2 N–H and O–H groups in total. The number of hydrogen-bond acceptors (Lipinski definition) is 6. The summed E-state index contributed by atoms with van der Waals surface area (Å²) in [4.78, 5) is 45.9. The molecule has 0 saturated heterocycles. The molecule has 0 spiro atoms. The molecule has 1 aliphatic rings. The third-order valence-corrected chi connectivity index (χ3v) is 5.01. The lowest BCUT2D eigenvalue weighted by Crippen LogP contribution is -2.41. The van der Waals surface area contributed by atoms with Gasteiger partial charge < -0.3 is 9.88 Å². The van der Waals surface area contributed by atoms with Crippen molar-refractivity contribution in [2.75, 3.05) is 12.3 Å². The van der Waals surface area contributed by atoms with Crippen LogP contribution < -0.4 is 11.2 Å². The molecule has 0 unspecified atom stereocenters. The number of nitrogens with one attached hydrogen (secondary N) is 2. The van der Waals surface area contributed by atoms with E-state index in [1.54, 1.807) is 10.4 Å². The van der Waals surface area contributed by atoms with Crippen LogP contribution in [-0.2, 0) is 23.5 Å². The minimum absolute atomic E-state index is 0.00649. The number of fused-ring (bicyclic) bond motifs is 1. The fourth-order valence-electron chi connectivity index (χ4n) is 2.33. The molecular weight excluding hydrogens is 324 g/mol. The topological polar surface area (TPSA) is 98.9 Å². The summed E-state index contributed by atoms with van der Waals surface area (Å²) in [7, 11) is 0. The van der Waals surface area contributed by atoms with Gasteiger partial charge in [-0.1, -0.05) is 0 Å². The lowest BCUT2D eigenvalue weighted by molar-refractivity contribution is -0.129. The molecule has 0 radical (unpaired) electrons. The van der Waals surface area contributed by atoms with Crippen LogP contribution >= 0.6 is 23.1 Å². The van der Waals surface area contributed by atoms with Crippen LogP contribution in [-0.4, -0.2) is 38.1 Å². The summed E-state index contributed by atoms with van der Waals surface area (Å²) in [5.41, 5.74) is 2.96. The lowest BCUT2D eigenvalue weighted by Gasteiger charge is -2.27. The maximum Gasteiger partial charge on any atom is 0.325 e. The Kier molecular flexibility index (Phi) is 4.44. The van der Waals surface area contributed by atoms with Gasteiger partial charge in [0.15, 0.2) is 0 Å². The number of carbonyl (C=O) groups excluding carboxylic acids is 1. The Bertz CT molecular complexity index is 781. The molecule has 1 amide bonds. The van der Waals surface area contributed by atoms with E-state index in [4.69, 9.17) is 0 Å². The molecule has 0 atom stereocenters. The van der Waals surface area contributed by atoms with Crippen molar-refractivity contribution in [2.45, 2.75) is 18.7 Å². The first kappa shape index (κ1) is 15.0. The number of aromatic amines is 2. The van der Waals surface area contributed by atoms with Gasteiger partial charge in [-0.05, 0) is 6.42 Å². The minimum atomic E-state index is -0.532. The average Bonchev–Trinajstić information content (AvgIpc) is 2.99. The number of hydrogen-bond donors (Lipinski definition) is 2. The van der Waals surface area contributed by atoms with Crippen molar-refractivity contribution in [1.29, 1.82) is 0 Å². The van der Waals surface area contributed by atoms with E-state index >= 15 is 0 Å². The molecule has 3 heterocycles. The van der Waals surface area contributed by atoms with Crippen LogP contribution in [0.3, 0.4) is 0 Å². The highest BCUT2D eigenvalue weighted by Gasteiger charge is 2.23. The van der Waals surface area contributed by atoms with Gasteiger partial charge >= 0.3 is 5.69 Å². The Morgan fingerprint density at radius 2 is 2.27 bits per heavy atom. The van der Waals surface area contributed by atoms with Crippen LogP contribution in [0.1, 0.15) is 17.0 Å². The molecule has 1 aliphatic heterocycles. The molecule has 0 fully saturated rings. The maximum atomic E-state index is 12.2. The van der Waals surface area contributed by atoms with Crippen molar-refractivity contribution in [3.05, 3.63) is 48.7 Å². The third kappa shape index (κ3) is 3.30. The van der Waals surface area contributed by atoms with Gasteiger partial charge in [-0.3, -0.25) is 14.6 Å². The predicted octanol–water partition coefficient (Wildman–Crippen LogP) is 0.338. The molecule has 0 bridgehead atoms. The van der Waals surface area contributed by atoms with E-state index in [9.17, 15) is 14.4 Å². The van der Waals surface area contributed by atoms with E-state index in [0.717, 1.165) is 5.69 Å². The van der Waals surface area contributed by atoms with Crippen LogP contribution in [0.5, 0.6) is 0 Å². The molecule has 116 valence electrons. The van der Waals surface area contributed by atoms with Crippen LogP contribution in [0.2, 0.25) is 0 Å². The number of rotatable bonds is 4. The number of thiazole rings is 1. The number of H-pyrrole nitrogens is 2. The Morgan fingerprint density at radius 1 is 1.41 bits per heavy atom. The third-order valence-electron chi connectivity index (χ3n) is 3.42. The zero-order chi connectivity index (χ0) is 15.5. The highest BCUT2D eigenvalue weighted by atomic mass is 32.2. The predicted molar refractivity (Wildman–Crippen MR) is 85.1 cm³/mol. The molecule has 0 aromatic carbocycles. The summed E-state index contributed by atoms with van der Waals surface area (Å²) in [5.74, 6) is 1.07. The second-order valence-corrected chi connectivity index (χ2v) is 6.61. The Morgan fingerprint density at radius 3 is 3.05 bits per heavy atom. The van der Waals surface area contributed by atoms with Crippen molar-refractivity contribution in [2.24, 2.45) is 0 Å². The molecule has 3 rings (SSSR count). The van der Waals surface area contributed by atoms with Gasteiger partial charge in [-0.25, -0.2) is 9.78 Å². The second kappa shape index (κ2) is 6.49. The number of nitrogens with zero attached hydrogens (tertiary/aromatic N) is 2. The SMILES string of the molecule is O=C(CSCc1cscn1)N1CCc2c([nH]c(=O)[nH]c2=O)C1. The maximum absolute atomic E-state index is 12.2. The summed E-state index contributed by atoms with van der Waals surface area (Å²) in [5, 5.41) is 1.96. The molecule has 0 saturated carbocycles. The smallest absolute Gasteiger partial charge is 0.325 e. The fraction of sp³-hybridized carbons (Fsp3) is 0.385. The van der Waals surface area contributed by atoms with Crippen molar-refractivity contribution in [1.82, 2.24) is 19.9 Å². The first-order valence-corrected chi connectivity index (χ1v) is 8.80. The average molecular weight is 338 g/mol. The highest BCUT2D eigenvalue weighted by Crippen LogP contribution is 2.16. The van der Waals surface area contributed by atoms with E-state index in [-0.39, 0.29) is 18.0 Å². The van der Waals surface area contributed by atoms with E-state index in [1.807, 2.05) is 5.38 Å². The zero-order valence-electron chi connectivity index (χ0n) is 11.6. The Hall–Kier alpha value is -1.87. The number of thioether (sulfide) groups is 1. The fourth-order valence-corrected chi connectivity index (χ4v) is 3.82. The standard InChI is InChI=1S/C13H14N4O3S2/c18-11(6-21-4-8-5-22-7-14-8)17-2-1-9-10(3-17)15-13(20)16-12(9)19/h5,7H,1-4,6H2,(H2,15,16,19,20). The van der Waals surface area contributed by atoms with Crippen molar-refractivity contribution < 1.29 is 4.79 Å². The minimum Gasteiger partial charge on any atom is -0.336 e. The molecular formula is C13H14N4O3S2. The van der Waals surface area contributed by atoms with Crippen LogP contribution in [0.4, 0.5) is 0 Å². The van der Waals surface area contributed by atoms with Crippen LogP contribution in [0.25, 0.3) is 0 Å². The molecule has 2 aromatic rings. The number of amides is 1. The van der Waals surface area contributed by atoms with Crippen LogP contribution in [0, 0.1) is 0 Å². The first-order valence-electron chi connectivity index (χ1n) is 6.70. The second-order valence-electron chi connectivity index (χ2n) is 4.90. The summed E-state index contributed by atoms with van der Waals surface area (Å²) in [6, 6.07) is 0. The monoisotopic (exact) mass is 338 g/mol. The van der Waals surface area contributed by atoms with Crippen molar-refractivity contribution in [3.8, 4) is 0 Å². The lowest BCUT2D eigenvalue weighted by atomic mass is 10.1. The molecule has 7 nitrogen and oxygen atoms in total.